The van der Waals surface area contributed by atoms with Gasteiger partial charge in [0.1, 0.15) is 19.3 Å². The summed E-state index contributed by atoms with van der Waals surface area (Å²) in [4.78, 5) is 74.3. The molecule has 3 rings (SSSR count). The number of hydrogen-bond donors (Lipinski definition) is 4. The molecule has 2 aromatic carbocycles. The summed E-state index contributed by atoms with van der Waals surface area (Å²) in [6.45, 7) is 1.12. The molecule has 0 aromatic heterocycles. The first-order chi connectivity index (χ1) is 20.4. The summed E-state index contributed by atoms with van der Waals surface area (Å²) >= 11 is 0. The molecule has 0 aliphatic carbocycles. The maximum absolute atomic E-state index is 12.7. The van der Waals surface area contributed by atoms with Crippen LogP contribution in [0.15, 0.2) is 53.5 Å². The molecule has 0 bridgehead atoms. The second-order valence-corrected chi connectivity index (χ2v) is 9.13. The van der Waals surface area contributed by atoms with Crippen molar-refractivity contribution in [3.05, 3.63) is 79.9 Å². The van der Waals surface area contributed by atoms with Gasteiger partial charge >= 0.3 is 18.3 Å². The molecule has 43 heavy (non-hydrogen) atoms. The standard InChI is InChI=1S/C25H27N7O11/c1-15(21(33)27-18-10-11-30(12-18)25(36)37)26-22(28-23(34)42-13-16-2-6-19(7-3-16)31(38)39)29-24(35)43-14-17-4-8-20(9-5-17)32(40)41/h2-9,15,18H,10-14H2,1H3,(H,27,33)(H,36,37)(H2,26,28,29,34,35)/t15-,18+/m1/s1. The first kappa shape index (κ1) is 31.7. The molecule has 18 nitrogen and oxygen atoms in total. The summed E-state index contributed by atoms with van der Waals surface area (Å²) in [7, 11) is 0. The minimum Gasteiger partial charge on any atom is -0.465 e. The number of nitro groups is 2. The Bertz CT molecular complexity index is 1320. The quantitative estimate of drug-likeness (QED) is 0.140. The van der Waals surface area contributed by atoms with E-state index in [1.807, 2.05) is 0 Å². The summed E-state index contributed by atoms with van der Waals surface area (Å²) in [5.74, 6) is -1.12. The number of carbonyl (C=O) groups excluding carboxylic acids is 3. The maximum atomic E-state index is 12.7. The Kier molecular flexibility index (Phi) is 10.9. The van der Waals surface area contributed by atoms with Crippen LogP contribution in [0.1, 0.15) is 24.5 Å². The van der Waals surface area contributed by atoms with Gasteiger partial charge in [0, 0.05) is 43.4 Å². The van der Waals surface area contributed by atoms with Gasteiger partial charge in [-0.05, 0) is 48.7 Å². The highest BCUT2D eigenvalue weighted by Gasteiger charge is 2.28. The fraction of sp³-hybridized carbons (Fsp3) is 0.320. The van der Waals surface area contributed by atoms with Gasteiger partial charge in [0.2, 0.25) is 11.9 Å². The third kappa shape index (κ3) is 9.95. The van der Waals surface area contributed by atoms with Crippen molar-refractivity contribution in [3.63, 3.8) is 0 Å². The number of nitro benzene ring substituents is 2. The summed E-state index contributed by atoms with van der Waals surface area (Å²) < 4.78 is 10.1. The van der Waals surface area contributed by atoms with Crippen LogP contribution in [-0.2, 0) is 27.5 Å². The first-order valence-corrected chi connectivity index (χ1v) is 12.6. The van der Waals surface area contributed by atoms with E-state index in [2.05, 4.69) is 20.9 Å². The predicted molar refractivity (Wildman–Crippen MR) is 146 cm³/mol. The van der Waals surface area contributed by atoms with Crippen LogP contribution >= 0.6 is 0 Å². The number of likely N-dealkylation sites (tertiary alicyclic amines) is 1. The third-order valence-corrected chi connectivity index (χ3v) is 5.98. The molecule has 1 heterocycles. The van der Waals surface area contributed by atoms with E-state index in [9.17, 15) is 39.4 Å². The van der Waals surface area contributed by atoms with Gasteiger partial charge in [-0.25, -0.2) is 19.4 Å². The number of alkyl carbamates (subject to hydrolysis) is 2. The number of benzene rings is 2. The number of nitrogens with zero attached hydrogens (tertiary/aromatic N) is 4. The number of aliphatic imine (C=N–C) groups is 1. The normalized spacial score (nSPS) is 14.5. The number of rotatable bonds is 9. The fourth-order valence-electron chi connectivity index (χ4n) is 3.71. The zero-order valence-corrected chi connectivity index (χ0v) is 22.6. The van der Waals surface area contributed by atoms with Gasteiger partial charge in [0.05, 0.1) is 9.85 Å². The highest BCUT2D eigenvalue weighted by molar-refractivity contribution is 6.02. The molecule has 0 saturated carbocycles. The van der Waals surface area contributed by atoms with E-state index in [0.717, 1.165) is 4.90 Å². The number of guanidine groups is 1. The van der Waals surface area contributed by atoms with E-state index < -0.39 is 52.1 Å². The molecular weight excluding hydrogens is 574 g/mol. The van der Waals surface area contributed by atoms with Crippen molar-refractivity contribution in [2.24, 2.45) is 4.99 Å². The summed E-state index contributed by atoms with van der Waals surface area (Å²) in [6.07, 6.45) is -2.90. The van der Waals surface area contributed by atoms with Crippen molar-refractivity contribution in [1.29, 1.82) is 0 Å². The predicted octanol–water partition coefficient (Wildman–Crippen LogP) is 2.27. The summed E-state index contributed by atoms with van der Waals surface area (Å²) in [5, 5.41) is 37.7. The zero-order valence-electron chi connectivity index (χ0n) is 22.6. The largest absolute Gasteiger partial charge is 0.465 e. The molecule has 1 saturated heterocycles. The van der Waals surface area contributed by atoms with Gasteiger partial charge in [-0.15, -0.1) is 0 Å². The van der Waals surface area contributed by atoms with Crippen LogP contribution in [0, 0.1) is 20.2 Å². The van der Waals surface area contributed by atoms with Gasteiger partial charge < -0.3 is 24.8 Å². The van der Waals surface area contributed by atoms with Gasteiger partial charge in [0.25, 0.3) is 11.4 Å². The van der Waals surface area contributed by atoms with Gasteiger partial charge in [-0.3, -0.25) is 35.7 Å². The minimum atomic E-state index is -1.17. The zero-order chi connectivity index (χ0) is 31.5. The molecule has 228 valence electrons. The average Bonchev–Trinajstić information content (AvgIpc) is 3.44. The molecule has 1 fully saturated rings. The lowest BCUT2D eigenvalue weighted by Crippen LogP contribution is -2.47. The number of non-ortho nitro benzene ring substituents is 2. The van der Waals surface area contributed by atoms with Crippen molar-refractivity contribution in [1.82, 2.24) is 20.9 Å². The van der Waals surface area contributed by atoms with Crippen molar-refractivity contribution >= 4 is 41.5 Å². The van der Waals surface area contributed by atoms with E-state index >= 15 is 0 Å². The minimum absolute atomic E-state index is 0.0881. The molecule has 0 radical (unpaired) electrons. The molecule has 2 atom stereocenters. The molecule has 4 amide bonds. The van der Waals surface area contributed by atoms with Crippen LogP contribution in [0.3, 0.4) is 0 Å². The van der Waals surface area contributed by atoms with Crippen LogP contribution in [0.2, 0.25) is 0 Å². The summed E-state index contributed by atoms with van der Waals surface area (Å²) in [6, 6.07) is 8.83. The molecule has 2 aromatic rings. The Morgan fingerprint density at radius 1 is 0.930 bits per heavy atom. The van der Waals surface area contributed by atoms with Gasteiger partial charge in [0.15, 0.2) is 0 Å². The Balaban J connectivity index is 1.63. The van der Waals surface area contributed by atoms with E-state index in [-0.39, 0.29) is 37.7 Å². The van der Waals surface area contributed by atoms with E-state index in [1.165, 1.54) is 55.5 Å². The number of ether oxygens (including phenoxy) is 2. The van der Waals surface area contributed by atoms with Crippen molar-refractivity contribution in [2.75, 3.05) is 13.1 Å². The lowest BCUT2D eigenvalue weighted by atomic mass is 10.2. The lowest BCUT2D eigenvalue weighted by molar-refractivity contribution is -0.385. The van der Waals surface area contributed by atoms with Crippen LogP contribution in [0.4, 0.5) is 25.8 Å². The fourth-order valence-corrected chi connectivity index (χ4v) is 3.71. The number of nitrogens with one attached hydrogen (secondary N) is 3. The van der Waals surface area contributed by atoms with Crippen LogP contribution in [-0.4, -0.2) is 75.2 Å². The molecule has 1 aliphatic heterocycles. The second kappa shape index (κ2) is 14.7. The molecule has 18 heteroatoms. The van der Waals surface area contributed by atoms with E-state index in [0.29, 0.717) is 17.5 Å². The van der Waals surface area contributed by atoms with Crippen LogP contribution < -0.4 is 16.0 Å². The molecule has 1 aliphatic rings. The molecule has 4 N–H and O–H groups in total. The third-order valence-electron chi connectivity index (χ3n) is 5.98. The summed E-state index contributed by atoms with van der Waals surface area (Å²) in [5.41, 5.74) is 0.544. The first-order valence-electron chi connectivity index (χ1n) is 12.6. The topological polar surface area (TPSA) is 245 Å². The number of hydrogen-bond acceptors (Lipinski definition) is 11. The number of carboxylic acid groups (broad SMARTS) is 1. The van der Waals surface area contributed by atoms with Crippen molar-refractivity contribution < 1.29 is 43.6 Å². The van der Waals surface area contributed by atoms with E-state index in [4.69, 9.17) is 14.6 Å². The van der Waals surface area contributed by atoms with Crippen LogP contribution in [0.5, 0.6) is 0 Å². The highest BCUT2D eigenvalue weighted by atomic mass is 16.6. The highest BCUT2D eigenvalue weighted by Crippen LogP contribution is 2.14. The molecule has 0 spiro atoms. The van der Waals surface area contributed by atoms with E-state index in [1.54, 1.807) is 0 Å². The molecular formula is C25H27N7O11. The van der Waals surface area contributed by atoms with Crippen molar-refractivity contribution in [3.8, 4) is 0 Å². The number of carbonyl (C=O) groups is 4. The smallest absolute Gasteiger partial charge is 0.414 e. The van der Waals surface area contributed by atoms with Crippen LogP contribution in [0.25, 0.3) is 0 Å². The number of amides is 4. The second-order valence-electron chi connectivity index (χ2n) is 9.13. The van der Waals surface area contributed by atoms with Crippen molar-refractivity contribution in [2.45, 2.75) is 38.6 Å². The van der Waals surface area contributed by atoms with Gasteiger partial charge in [-0.2, -0.15) is 0 Å². The SMILES string of the molecule is C[C@@H](N=C(NC(=O)OCc1ccc([N+](=O)[O-])cc1)NC(=O)OCc1ccc([N+](=O)[O-])cc1)C(=O)N[C@H]1CCN(C(=O)O)C1. The maximum Gasteiger partial charge on any atom is 0.414 e. The Labute approximate surface area is 243 Å². The Hall–Kier alpha value is -5.81. The lowest BCUT2D eigenvalue weighted by Gasteiger charge is -2.17. The average molecular weight is 602 g/mol. The molecule has 0 unspecified atom stereocenters. The Morgan fingerprint density at radius 2 is 1.40 bits per heavy atom. The van der Waals surface area contributed by atoms with Gasteiger partial charge in [-0.1, -0.05) is 0 Å². The Morgan fingerprint density at radius 3 is 1.79 bits per heavy atom. The monoisotopic (exact) mass is 601 g/mol.